The van der Waals surface area contributed by atoms with Crippen LogP contribution in [0.1, 0.15) is 40.0 Å². The van der Waals surface area contributed by atoms with Crippen LogP contribution in [0, 0.1) is 11.8 Å². The van der Waals surface area contributed by atoms with E-state index in [1.54, 1.807) is 0 Å². The molecular formula is C15H29NO6. The van der Waals surface area contributed by atoms with Crippen LogP contribution in [0.25, 0.3) is 0 Å². The van der Waals surface area contributed by atoms with Gasteiger partial charge in [0, 0.05) is 6.92 Å². The Balaban J connectivity index is 2.65. The largest absolute Gasteiger partial charge is 0.391 e. The molecule has 1 fully saturated rings. The average molecular weight is 319 g/mol. The second kappa shape index (κ2) is 8.21. The van der Waals surface area contributed by atoms with Gasteiger partial charge in [-0.1, -0.05) is 6.92 Å². The lowest BCUT2D eigenvalue weighted by Crippen LogP contribution is -2.51. The molecule has 1 amide bonds. The van der Waals surface area contributed by atoms with E-state index in [0.717, 1.165) is 0 Å². The van der Waals surface area contributed by atoms with Gasteiger partial charge in [-0.3, -0.25) is 4.79 Å². The second-order valence-electron chi connectivity index (χ2n) is 6.56. The van der Waals surface area contributed by atoms with Crippen molar-refractivity contribution in [1.82, 2.24) is 5.32 Å². The van der Waals surface area contributed by atoms with Gasteiger partial charge in [-0.2, -0.15) is 0 Å². The molecule has 1 rings (SSSR count). The van der Waals surface area contributed by atoms with Crippen molar-refractivity contribution < 1.29 is 30.3 Å². The monoisotopic (exact) mass is 319 g/mol. The van der Waals surface area contributed by atoms with E-state index in [2.05, 4.69) is 5.32 Å². The molecule has 6 N–H and O–H groups in total. The number of carbonyl (C=O) groups is 1. The van der Waals surface area contributed by atoms with Gasteiger partial charge in [0.15, 0.2) is 0 Å². The molecule has 0 aromatic heterocycles. The van der Waals surface area contributed by atoms with Crippen LogP contribution < -0.4 is 5.32 Å². The molecule has 130 valence electrons. The number of rotatable bonds is 6. The number of hydrogen-bond acceptors (Lipinski definition) is 6. The van der Waals surface area contributed by atoms with Crippen molar-refractivity contribution in [2.75, 3.05) is 0 Å². The molecule has 1 aliphatic carbocycles. The number of amides is 1. The lowest BCUT2D eigenvalue weighted by atomic mass is 9.74. The Hall–Kier alpha value is -0.730. The van der Waals surface area contributed by atoms with E-state index in [9.17, 15) is 30.3 Å². The first-order chi connectivity index (χ1) is 10.1. The molecule has 1 saturated carbocycles. The van der Waals surface area contributed by atoms with Gasteiger partial charge in [-0.25, -0.2) is 0 Å². The summed E-state index contributed by atoms with van der Waals surface area (Å²) in [6.45, 7) is 4.58. The molecule has 0 radical (unpaired) electrons. The fourth-order valence-electron chi connectivity index (χ4n) is 3.18. The van der Waals surface area contributed by atoms with Crippen LogP contribution in [-0.2, 0) is 4.79 Å². The summed E-state index contributed by atoms with van der Waals surface area (Å²) in [6, 6.07) is -0.621. The van der Waals surface area contributed by atoms with Gasteiger partial charge in [0.2, 0.25) is 5.91 Å². The van der Waals surface area contributed by atoms with Crippen LogP contribution in [0.2, 0.25) is 0 Å². The highest BCUT2D eigenvalue weighted by Crippen LogP contribution is 2.33. The van der Waals surface area contributed by atoms with Crippen molar-refractivity contribution in [2.24, 2.45) is 11.8 Å². The predicted octanol–water partition coefficient (Wildman–Crippen LogP) is -1.25. The zero-order valence-corrected chi connectivity index (χ0v) is 13.4. The topological polar surface area (TPSA) is 130 Å². The quantitative estimate of drug-likeness (QED) is 0.363. The first-order valence-electron chi connectivity index (χ1n) is 7.82. The van der Waals surface area contributed by atoms with Gasteiger partial charge in [0.05, 0.1) is 30.5 Å². The van der Waals surface area contributed by atoms with E-state index in [1.165, 1.54) is 13.8 Å². The minimum Gasteiger partial charge on any atom is -0.391 e. The molecule has 0 aromatic rings. The first-order valence-corrected chi connectivity index (χ1v) is 7.82. The zero-order valence-electron chi connectivity index (χ0n) is 13.4. The molecule has 7 nitrogen and oxygen atoms in total. The SMILES string of the molecule is CC(=O)NC(CCC1CC(C)C(O)C(O)C1O)C(O)C(C)O. The zero-order chi connectivity index (χ0) is 17.0. The van der Waals surface area contributed by atoms with Crippen LogP contribution in [0.3, 0.4) is 0 Å². The number of aliphatic hydroxyl groups excluding tert-OH is 5. The average Bonchev–Trinajstić information content (AvgIpc) is 2.44. The Bertz CT molecular complexity index is 364. The molecule has 0 bridgehead atoms. The molecular weight excluding hydrogens is 290 g/mol. The third-order valence-electron chi connectivity index (χ3n) is 4.58. The van der Waals surface area contributed by atoms with Gasteiger partial charge in [0.25, 0.3) is 0 Å². The summed E-state index contributed by atoms with van der Waals surface area (Å²) in [4.78, 5) is 11.2. The summed E-state index contributed by atoms with van der Waals surface area (Å²) in [5.74, 6) is -0.673. The first kappa shape index (κ1) is 19.3. The summed E-state index contributed by atoms with van der Waals surface area (Å²) in [6.07, 6.45) is -3.87. The molecule has 0 saturated heterocycles. The Labute approximate surface area is 131 Å². The molecule has 0 aliphatic heterocycles. The van der Waals surface area contributed by atoms with Gasteiger partial charge >= 0.3 is 0 Å². The Kier molecular flexibility index (Phi) is 7.21. The summed E-state index contributed by atoms with van der Waals surface area (Å²) < 4.78 is 0. The maximum absolute atomic E-state index is 11.2. The highest BCUT2D eigenvalue weighted by Gasteiger charge is 2.40. The summed E-state index contributed by atoms with van der Waals surface area (Å²) in [5.41, 5.74) is 0. The molecule has 0 aromatic carbocycles. The number of hydrogen-bond donors (Lipinski definition) is 6. The normalized spacial score (nSPS) is 36.5. The lowest BCUT2D eigenvalue weighted by molar-refractivity contribution is -0.134. The molecule has 1 aliphatic rings. The highest BCUT2D eigenvalue weighted by atomic mass is 16.4. The van der Waals surface area contributed by atoms with Crippen LogP contribution in [0.15, 0.2) is 0 Å². The van der Waals surface area contributed by atoms with Crippen molar-refractivity contribution in [3.8, 4) is 0 Å². The Morgan fingerprint density at radius 1 is 1.18 bits per heavy atom. The molecule has 22 heavy (non-hydrogen) atoms. The van der Waals surface area contributed by atoms with E-state index < -0.39 is 36.6 Å². The summed E-state index contributed by atoms with van der Waals surface area (Å²) in [7, 11) is 0. The Morgan fingerprint density at radius 3 is 2.27 bits per heavy atom. The summed E-state index contributed by atoms with van der Waals surface area (Å²) in [5, 5.41) is 51.7. The van der Waals surface area contributed by atoms with Crippen LogP contribution in [0.5, 0.6) is 0 Å². The lowest BCUT2D eigenvalue weighted by Gasteiger charge is -2.40. The van der Waals surface area contributed by atoms with Crippen molar-refractivity contribution in [1.29, 1.82) is 0 Å². The van der Waals surface area contributed by atoms with Gasteiger partial charge < -0.3 is 30.8 Å². The standard InChI is InChI=1S/C15H29NO6/c1-7-6-10(14(21)15(22)12(7)19)4-5-11(16-9(3)18)13(20)8(2)17/h7-8,10-15,17,19-22H,4-6H2,1-3H3,(H,16,18). The van der Waals surface area contributed by atoms with Gasteiger partial charge in [0.1, 0.15) is 6.10 Å². The van der Waals surface area contributed by atoms with E-state index in [4.69, 9.17) is 0 Å². The minimum absolute atomic E-state index is 0.135. The fourth-order valence-corrected chi connectivity index (χ4v) is 3.18. The maximum Gasteiger partial charge on any atom is 0.217 e. The van der Waals surface area contributed by atoms with E-state index in [1.807, 2.05) is 6.92 Å². The summed E-state index contributed by atoms with van der Waals surface area (Å²) >= 11 is 0. The highest BCUT2D eigenvalue weighted by molar-refractivity contribution is 5.73. The number of nitrogens with one attached hydrogen (secondary N) is 1. The number of aliphatic hydroxyl groups is 5. The van der Waals surface area contributed by atoms with Crippen molar-refractivity contribution >= 4 is 5.91 Å². The van der Waals surface area contributed by atoms with Crippen LogP contribution >= 0.6 is 0 Å². The molecule has 0 spiro atoms. The van der Waals surface area contributed by atoms with E-state index >= 15 is 0 Å². The predicted molar refractivity (Wildman–Crippen MR) is 79.8 cm³/mol. The minimum atomic E-state index is -1.19. The smallest absolute Gasteiger partial charge is 0.217 e. The number of carbonyl (C=O) groups excluding carboxylic acids is 1. The van der Waals surface area contributed by atoms with Gasteiger partial charge in [-0.15, -0.1) is 0 Å². The molecule has 8 unspecified atom stereocenters. The van der Waals surface area contributed by atoms with Crippen LogP contribution in [0.4, 0.5) is 0 Å². The van der Waals surface area contributed by atoms with Crippen molar-refractivity contribution in [2.45, 2.75) is 76.6 Å². The Morgan fingerprint density at radius 2 is 1.77 bits per heavy atom. The fraction of sp³-hybridized carbons (Fsp3) is 0.933. The van der Waals surface area contributed by atoms with E-state index in [-0.39, 0.29) is 17.7 Å². The van der Waals surface area contributed by atoms with Crippen molar-refractivity contribution in [3.05, 3.63) is 0 Å². The third kappa shape index (κ3) is 4.89. The third-order valence-corrected chi connectivity index (χ3v) is 4.58. The van der Waals surface area contributed by atoms with E-state index in [0.29, 0.717) is 19.3 Å². The molecule has 8 atom stereocenters. The van der Waals surface area contributed by atoms with Gasteiger partial charge in [-0.05, 0) is 38.0 Å². The van der Waals surface area contributed by atoms with Crippen molar-refractivity contribution in [3.63, 3.8) is 0 Å². The maximum atomic E-state index is 11.2. The molecule has 7 heteroatoms. The van der Waals surface area contributed by atoms with Crippen LogP contribution in [-0.4, -0.2) is 68.0 Å². The second-order valence-corrected chi connectivity index (χ2v) is 6.56. The molecule has 0 heterocycles.